The summed E-state index contributed by atoms with van der Waals surface area (Å²) in [5, 5.41) is 19.4. The first kappa shape index (κ1) is 16.5. The first-order valence-corrected chi connectivity index (χ1v) is 7.93. The van der Waals surface area contributed by atoms with Crippen LogP contribution in [0.1, 0.15) is 33.9 Å². The van der Waals surface area contributed by atoms with Gasteiger partial charge in [0.05, 0.1) is 11.6 Å². The Bertz CT molecular complexity index is 945. The van der Waals surface area contributed by atoms with Crippen molar-refractivity contribution in [3.63, 3.8) is 0 Å². The molecule has 1 aromatic heterocycles. The van der Waals surface area contributed by atoms with Crippen molar-refractivity contribution in [2.24, 2.45) is 0 Å². The fourth-order valence-corrected chi connectivity index (χ4v) is 2.52. The van der Waals surface area contributed by atoms with Gasteiger partial charge in [-0.1, -0.05) is 42.2 Å². The highest BCUT2D eigenvalue weighted by molar-refractivity contribution is 5.40. The van der Waals surface area contributed by atoms with Crippen molar-refractivity contribution in [1.82, 2.24) is 4.98 Å². The van der Waals surface area contributed by atoms with E-state index in [0.717, 1.165) is 22.3 Å². The maximum absolute atomic E-state index is 10.5. The van der Waals surface area contributed by atoms with E-state index in [4.69, 9.17) is 5.26 Å². The van der Waals surface area contributed by atoms with Crippen LogP contribution in [0.3, 0.4) is 0 Å². The number of nitriles is 1. The SMILES string of the molecule is N#Cc1ccc(Cc2cnccc2C(O)C#Cc2ccccc2)cc1. The number of aliphatic hydroxyl groups excluding tert-OH is 1. The highest BCUT2D eigenvalue weighted by Crippen LogP contribution is 2.20. The van der Waals surface area contributed by atoms with E-state index in [0.29, 0.717) is 12.0 Å². The summed E-state index contributed by atoms with van der Waals surface area (Å²) in [5.41, 5.74) is 4.22. The number of hydrogen-bond acceptors (Lipinski definition) is 3. The molecule has 120 valence electrons. The molecule has 0 saturated heterocycles. The van der Waals surface area contributed by atoms with E-state index >= 15 is 0 Å². The molecule has 2 aromatic carbocycles. The molecule has 1 unspecified atom stereocenters. The molecule has 25 heavy (non-hydrogen) atoms. The van der Waals surface area contributed by atoms with E-state index in [-0.39, 0.29) is 0 Å². The van der Waals surface area contributed by atoms with Gasteiger partial charge in [-0.15, -0.1) is 0 Å². The minimum Gasteiger partial charge on any atom is -0.376 e. The van der Waals surface area contributed by atoms with Crippen LogP contribution in [0.5, 0.6) is 0 Å². The Balaban J connectivity index is 1.83. The number of benzene rings is 2. The Labute approximate surface area is 147 Å². The number of aliphatic hydroxyl groups is 1. The quantitative estimate of drug-likeness (QED) is 0.749. The lowest BCUT2D eigenvalue weighted by Gasteiger charge is -2.11. The largest absolute Gasteiger partial charge is 0.376 e. The highest BCUT2D eigenvalue weighted by Gasteiger charge is 2.10. The summed E-state index contributed by atoms with van der Waals surface area (Å²) in [4.78, 5) is 4.16. The van der Waals surface area contributed by atoms with Gasteiger partial charge >= 0.3 is 0 Å². The molecule has 0 radical (unpaired) electrons. The normalized spacial score (nSPS) is 11.0. The first-order valence-electron chi connectivity index (χ1n) is 7.93. The third-order valence-corrected chi connectivity index (χ3v) is 3.84. The molecule has 0 aliphatic heterocycles. The number of nitrogens with zero attached hydrogens (tertiary/aromatic N) is 2. The third kappa shape index (κ3) is 4.32. The van der Waals surface area contributed by atoms with Crippen LogP contribution in [0.15, 0.2) is 73.1 Å². The summed E-state index contributed by atoms with van der Waals surface area (Å²) in [6.07, 6.45) is 3.15. The summed E-state index contributed by atoms with van der Waals surface area (Å²) < 4.78 is 0. The highest BCUT2D eigenvalue weighted by atomic mass is 16.3. The molecule has 3 nitrogen and oxygen atoms in total. The second-order valence-electron chi connectivity index (χ2n) is 5.60. The fraction of sp³-hybridized carbons (Fsp3) is 0.0909. The van der Waals surface area contributed by atoms with Crippen molar-refractivity contribution in [2.75, 3.05) is 0 Å². The maximum Gasteiger partial charge on any atom is 0.141 e. The van der Waals surface area contributed by atoms with Gasteiger partial charge in [-0.25, -0.2) is 0 Å². The monoisotopic (exact) mass is 324 g/mol. The Morgan fingerprint density at radius 1 is 0.960 bits per heavy atom. The van der Waals surface area contributed by atoms with Gasteiger partial charge in [-0.2, -0.15) is 5.26 Å². The van der Waals surface area contributed by atoms with Crippen LogP contribution in [0.2, 0.25) is 0 Å². The topological polar surface area (TPSA) is 56.9 Å². The molecule has 3 aromatic rings. The molecule has 0 aliphatic rings. The zero-order valence-electron chi connectivity index (χ0n) is 13.6. The van der Waals surface area contributed by atoms with Gasteiger partial charge in [-0.3, -0.25) is 4.98 Å². The van der Waals surface area contributed by atoms with Crippen molar-refractivity contribution in [1.29, 1.82) is 5.26 Å². The standard InChI is InChI=1S/C22H16N2O/c23-15-19-8-6-18(7-9-19)14-20-16-24-13-12-21(20)22(25)11-10-17-4-2-1-3-5-17/h1-9,12-13,16,22,25H,14H2. The Kier molecular flexibility index (Phi) is 5.22. The van der Waals surface area contributed by atoms with E-state index < -0.39 is 6.10 Å². The predicted molar refractivity (Wildman–Crippen MR) is 96.5 cm³/mol. The number of rotatable bonds is 3. The Hall–Kier alpha value is -3.40. The molecule has 3 heteroatoms. The van der Waals surface area contributed by atoms with Gasteiger partial charge in [-0.05, 0) is 53.4 Å². The summed E-state index contributed by atoms with van der Waals surface area (Å²) in [5.74, 6) is 5.89. The zero-order chi connectivity index (χ0) is 17.5. The molecular weight excluding hydrogens is 308 g/mol. The molecule has 3 rings (SSSR count). The molecule has 1 heterocycles. The number of hydrogen-bond donors (Lipinski definition) is 1. The second-order valence-corrected chi connectivity index (χ2v) is 5.60. The predicted octanol–water partition coefficient (Wildman–Crippen LogP) is 3.63. The van der Waals surface area contributed by atoms with Crippen molar-refractivity contribution < 1.29 is 5.11 Å². The van der Waals surface area contributed by atoms with Gasteiger partial charge in [0.1, 0.15) is 6.10 Å². The molecule has 0 spiro atoms. The van der Waals surface area contributed by atoms with Gasteiger partial charge < -0.3 is 5.11 Å². The lowest BCUT2D eigenvalue weighted by Crippen LogP contribution is -2.02. The minimum atomic E-state index is -0.878. The summed E-state index contributed by atoms with van der Waals surface area (Å²) in [6.45, 7) is 0. The van der Waals surface area contributed by atoms with Crippen LogP contribution in [-0.2, 0) is 6.42 Å². The molecule has 0 aliphatic carbocycles. The lowest BCUT2D eigenvalue weighted by atomic mass is 9.98. The average Bonchev–Trinajstić information content (AvgIpc) is 2.68. The fourth-order valence-electron chi connectivity index (χ4n) is 2.52. The van der Waals surface area contributed by atoms with Crippen LogP contribution in [0.25, 0.3) is 0 Å². The maximum atomic E-state index is 10.5. The van der Waals surface area contributed by atoms with Crippen molar-refractivity contribution in [3.8, 4) is 17.9 Å². The second kappa shape index (κ2) is 7.93. The minimum absolute atomic E-state index is 0.624. The van der Waals surface area contributed by atoms with E-state index in [1.54, 1.807) is 30.6 Å². The number of pyridine rings is 1. The van der Waals surface area contributed by atoms with Crippen LogP contribution in [0.4, 0.5) is 0 Å². The van der Waals surface area contributed by atoms with E-state index in [1.807, 2.05) is 42.5 Å². The van der Waals surface area contributed by atoms with E-state index in [9.17, 15) is 5.11 Å². The summed E-state index contributed by atoms with van der Waals surface area (Å²) in [7, 11) is 0. The number of aromatic nitrogens is 1. The third-order valence-electron chi connectivity index (χ3n) is 3.84. The molecular formula is C22H16N2O. The summed E-state index contributed by atoms with van der Waals surface area (Å²) in [6, 6.07) is 20.9. The van der Waals surface area contributed by atoms with Gasteiger partial charge in [0.2, 0.25) is 0 Å². The average molecular weight is 324 g/mol. The Morgan fingerprint density at radius 2 is 1.72 bits per heavy atom. The van der Waals surface area contributed by atoms with E-state index in [2.05, 4.69) is 22.9 Å². The molecule has 0 bridgehead atoms. The van der Waals surface area contributed by atoms with E-state index in [1.165, 1.54) is 0 Å². The molecule has 0 amide bonds. The van der Waals surface area contributed by atoms with Crippen LogP contribution in [0, 0.1) is 23.2 Å². The zero-order valence-corrected chi connectivity index (χ0v) is 13.6. The first-order chi connectivity index (χ1) is 12.3. The molecule has 0 fully saturated rings. The van der Waals surface area contributed by atoms with Gasteiger partial charge in [0, 0.05) is 18.0 Å². The van der Waals surface area contributed by atoms with Crippen LogP contribution < -0.4 is 0 Å². The van der Waals surface area contributed by atoms with Crippen LogP contribution in [-0.4, -0.2) is 10.1 Å². The summed E-state index contributed by atoms with van der Waals surface area (Å²) >= 11 is 0. The van der Waals surface area contributed by atoms with Crippen molar-refractivity contribution in [3.05, 3.63) is 101 Å². The molecule has 1 atom stereocenters. The Morgan fingerprint density at radius 3 is 2.44 bits per heavy atom. The smallest absolute Gasteiger partial charge is 0.141 e. The van der Waals surface area contributed by atoms with Gasteiger partial charge in [0.25, 0.3) is 0 Å². The molecule has 0 saturated carbocycles. The lowest BCUT2D eigenvalue weighted by molar-refractivity contribution is 0.237. The van der Waals surface area contributed by atoms with Gasteiger partial charge in [0.15, 0.2) is 0 Å². The van der Waals surface area contributed by atoms with Crippen molar-refractivity contribution in [2.45, 2.75) is 12.5 Å². The van der Waals surface area contributed by atoms with Crippen molar-refractivity contribution >= 4 is 0 Å². The van der Waals surface area contributed by atoms with Crippen LogP contribution >= 0.6 is 0 Å². The molecule has 1 N–H and O–H groups in total.